The van der Waals surface area contributed by atoms with Crippen LogP contribution in [0.2, 0.25) is 5.02 Å². The van der Waals surface area contributed by atoms with E-state index in [9.17, 15) is 9.59 Å². The van der Waals surface area contributed by atoms with Crippen LogP contribution < -0.4 is 16.0 Å². The van der Waals surface area contributed by atoms with E-state index in [4.69, 9.17) is 16.3 Å². The minimum absolute atomic E-state index is 0.0828. The molecule has 8 heteroatoms. The lowest BCUT2D eigenvalue weighted by Crippen LogP contribution is -2.38. The number of ether oxygens (including phenoxy) is 1. The molecule has 0 saturated heterocycles. The van der Waals surface area contributed by atoms with Crippen molar-refractivity contribution in [3.05, 3.63) is 58.9 Å². The lowest BCUT2D eigenvalue weighted by Gasteiger charge is -2.19. The fourth-order valence-electron chi connectivity index (χ4n) is 2.09. The number of pyridine rings is 1. The van der Waals surface area contributed by atoms with Crippen LogP contribution in [0.15, 0.2) is 42.6 Å². The van der Waals surface area contributed by atoms with Gasteiger partial charge in [0.15, 0.2) is 6.23 Å². The summed E-state index contributed by atoms with van der Waals surface area (Å²) in [5, 5.41) is 9.73. The Morgan fingerprint density at radius 2 is 2.04 bits per heavy atom. The van der Waals surface area contributed by atoms with E-state index < -0.39 is 12.3 Å². The number of rotatable bonds is 7. The number of hydrogen-bond donors (Lipinski definition) is 2. The molecule has 0 spiro atoms. The molecule has 1 aromatic heterocycles. The summed E-state index contributed by atoms with van der Waals surface area (Å²) in [5.74, 6) is -0.383. The third kappa shape index (κ3) is 6.34. The van der Waals surface area contributed by atoms with Gasteiger partial charge in [-0.05, 0) is 30.7 Å². The number of carbonyl (C=O) groups excluding carboxylic acids is 2. The maximum atomic E-state index is 12.1. The zero-order chi connectivity index (χ0) is 18.9. The molecule has 1 heterocycles. The number of aromatic nitrogens is 1. The molecule has 7 nitrogen and oxygen atoms in total. The van der Waals surface area contributed by atoms with Gasteiger partial charge in [0, 0.05) is 24.3 Å². The molecule has 2 aromatic rings. The summed E-state index contributed by atoms with van der Waals surface area (Å²) < 4.78 is 5.31. The third-order valence-corrected chi connectivity index (χ3v) is 3.86. The van der Waals surface area contributed by atoms with Gasteiger partial charge in [0.25, 0.3) is 0 Å². The Labute approximate surface area is 157 Å². The number of carbonyl (C=O) groups is 2. The second-order valence-electron chi connectivity index (χ2n) is 5.50. The van der Waals surface area contributed by atoms with Crippen molar-refractivity contribution in [3.8, 4) is 0 Å². The van der Waals surface area contributed by atoms with Crippen molar-refractivity contribution in [2.75, 3.05) is 12.4 Å². The van der Waals surface area contributed by atoms with Gasteiger partial charge in [0.1, 0.15) is 0 Å². The van der Waals surface area contributed by atoms with Gasteiger partial charge in [0.05, 0.1) is 18.3 Å². The fourth-order valence-corrected chi connectivity index (χ4v) is 2.29. The molecule has 1 radical (unpaired) electrons. The van der Waals surface area contributed by atoms with Gasteiger partial charge in [-0.3, -0.25) is 25.7 Å². The molecule has 1 atom stereocenters. The summed E-state index contributed by atoms with van der Waals surface area (Å²) in [6.07, 6.45) is -0.104. The first-order valence-electron chi connectivity index (χ1n) is 7.97. The van der Waals surface area contributed by atoms with E-state index in [-0.39, 0.29) is 12.3 Å². The minimum atomic E-state index is -0.846. The van der Waals surface area contributed by atoms with Crippen LogP contribution in [0, 0.1) is 6.92 Å². The first-order valence-corrected chi connectivity index (χ1v) is 8.35. The number of nitrogens with one attached hydrogen (secondary N) is 2. The highest BCUT2D eigenvalue weighted by Crippen LogP contribution is 2.15. The van der Waals surface area contributed by atoms with Crippen molar-refractivity contribution in [1.29, 1.82) is 0 Å². The van der Waals surface area contributed by atoms with Crippen LogP contribution in [0.25, 0.3) is 0 Å². The van der Waals surface area contributed by atoms with Crippen molar-refractivity contribution in [2.24, 2.45) is 0 Å². The van der Waals surface area contributed by atoms with Crippen LogP contribution in [-0.2, 0) is 16.1 Å². The van der Waals surface area contributed by atoms with E-state index in [1.165, 1.54) is 13.2 Å². The van der Waals surface area contributed by atoms with Gasteiger partial charge in [-0.25, -0.2) is 4.79 Å². The molecule has 0 aliphatic carbocycles. The van der Waals surface area contributed by atoms with Gasteiger partial charge in [-0.15, -0.1) is 0 Å². The van der Waals surface area contributed by atoms with Crippen LogP contribution in [0.5, 0.6) is 0 Å². The van der Waals surface area contributed by atoms with Crippen LogP contribution in [0.4, 0.5) is 10.5 Å². The summed E-state index contributed by atoms with van der Waals surface area (Å²) >= 11 is 6.11. The SMILES string of the molecule is C[N]C(=O)CC(NCc1ccccc1Cl)OC(=O)Nc1ccc(C)nc1. The molecular weight excluding hydrogens is 356 g/mol. The van der Waals surface area contributed by atoms with Gasteiger partial charge in [-0.2, -0.15) is 0 Å². The maximum absolute atomic E-state index is 12.1. The Kier molecular flexibility index (Phi) is 7.37. The number of nitrogens with zero attached hydrogens (tertiary/aromatic N) is 2. The first kappa shape index (κ1) is 19.7. The molecule has 0 saturated carbocycles. The summed E-state index contributed by atoms with van der Waals surface area (Å²) in [6, 6.07) is 10.8. The highest BCUT2D eigenvalue weighted by Gasteiger charge is 2.18. The number of aryl methyl sites for hydroxylation is 1. The van der Waals surface area contributed by atoms with Gasteiger partial charge in [0.2, 0.25) is 5.91 Å². The Morgan fingerprint density at radius 3 is 2.69 bits per heavy atom. The second kappa shape index (κ2) is 9.74. The highest BCUT2D eigenvalue weighted by molar-refractivity contribution is 6.31. The Bertz CT molecular complexity index is 752. The number of benzene rings is 1. The molecule has 0 bridgehead atoms. The molecule has 2 rings (SSSR count). The summed E-state index contributed by atoms with van der Waals surface area (Å²) in [5.41, 5.74) is 2.15. The Balaban J connectivity index is 1.97. The van der Waals surface area contributed by atoms with E-state index in [1.807, 2.05) is 25.1 Å². The van der Waals surface area contributed by atoms with Gasteiger partial charge < -0.3 is 4.74 Å². The molecular formula is C18H20ClN4O3. The summed E-state index contributed by atoms with van der Waals surface area (Å²) in [7, 11) is 1.39. The Morgan fingerprint density at radius 1 is 1.27 bits per heavy atom. The molecule has 2 N–H and O–H groups in total. The standard InChI is InChI=1S/C18H20ClN4O3/c1-12-7-8-14(11-21-12)23-18(25)26-17(9-16(24)20-2)22-10-13-5-3-4-6-15(13)19/h3-8,11,17,22H,9-10H2,1-2H3,(H,23,25). The predicted octanol–water partition coefficient (Wildman–Crippen LogP) is 2.86. The summed E-state index contributed by atoms with van der Waals surface area (Å²) in [4.78, 5) is 27.8. The van der Waals surface area contributed by atoms with E-state index in [0.717, 1.165) is 11.3 Å². The maximum Gasteiger partial charge on any atom is 0.413 e. The summed E-state index contributed by atoms with van der Waals surface area (Å²) in [6.45, 7) is 2.18. The Hall–Kier alpha value is -2.64. The number of amides is 2. The van der Waals surface area contributed by atoms with Crippen molar-refractivity contribution in [2.45, 2.75) is 26.1 Å². The van der Waals surface area contributed by atoms with E-state index in [0.29, 0.717) is 17.3 Å². The quantitative estimate of drug-likeness (QED) is 0.725. The van der Waals surface area contributed by atoms with Crippen LogP contribution in [0.3, 0.4) is 0 Å². The zero-order valence-electron chi connectivity index (χ0n) is 14.5. The van der Waals surface area contributed by atoms with E-state index in [2.05, 4.69) is 20.9 Å². The van der Waals surface area contributed by atoms with Crippen molar-refractivity contribution in [1.82, 2.24) is 15.6 Å². The number of hydrogen-bond acceptors (Lipinski definition) is 5. The molecule has 0 fully saturated rings. The monoisotopic (exact) mass is 375 g/mol. The normalized spacial score (nSPS) is 11.5. The average molecular weight is 376 g/mol. The molecule has 1 aromatic carbocycles. The molecule has 26 heavy (non-hydrogen) atoms. The van der Waals surface area contributed by atoms with Crippen molar-refractivity contribution in [3.63, 3.8) is 0 Å². The van der Waals surface area contributed by atoms with Crippen LogP contribution >= 0.6 is 11.6 Å². The van der Waals surface area contributed by atoms with E-state index in [1.54, 1.807) is 18.2 Å². The van der Waals surface area contributed by atoms with Crippen LogP contribution in [0.1, 0.15) is 17.7 Å². The number of anilines is 1. The number of halogens is 1. The molecule has 0 aliphatic heterocycles. The second-order valence-corrected chi connectivity index (χ2v) is 5.91. The average Bonchev–Trinajstić information content (AvgIpc) is 2.62. The lowest BCUT2D eigenvalue weighted by atomic mass is 10.2. The first-order chi connectivity index (χ1) is 12.5. The predicted molar refractivity (Wildman–Crippen MR) is 98.8 cm³/mol. The smallest absolute Gasteiger partial charge is 0.413 e. The fraction of sp³-hybridized carbons (Fsp3) is 0.278. The zero-order valence-corrected chi connectivity index (χ0v) is 15.3. The topological polar surface area (TPSA) is 94.4 Å². The van der Waals surface area contributed by atoms with Crippen LogP contribution in [-0.4, -0.2) is 30.3 Å². The molecule has 137 valence electrons. The molecule has 0 aliphatic rings. The van der Waals surface area contributed by atoms with Gasteiger partial charge >= 0.3 is 6.09 Å². The molecule has 1 unspecified atom stereocenters. The third-order valence-electron chi connectivity index (χ3n) is 3.49. The van der Waals surface area contributed by atoms with Gasteiger partial charge in [-0.1, -0.05) is 29.8 Å². The highest BCUT2D eigenvalue weighted by atomic mass is 35.5. The largest absolute Gasteiger partial charge is 0.430 e. The minimum Gasteiger partial charge on any atom is -0.430 e. The van der Waals surface area contributed by atoms with E-state index >= 15 is 0 Å². The van der Waals surface area contributed by atoms with Crippen molar-refractivity contribution >= 4 is 29.3 Å². The molecule has 2 amide bonds. The lowest BCUT2D eigenvalue weighted by molar-refractivity contribution is -0.123. The van der Waals surface area contributed by atoms with Crippen molar-refractivity contribution < 1.29 is 14.3 Å².